The van der Waals surface area contributed by atoms with Crippen LogP contribution in [0.3, 0.4) is 0 Å². The Bertz CT molecular complexity index is 281. The van der Waals surface area contributed by atoms with E-state index >= 15 is 0 Å². The molecule has 13 heavy (non-hydrogen) atoms. The average molecular weight is 182 g/mol. The summed E-state index contributed by atoms with van der Waals surface area (Å²) in [7, 11) is 1.37. The van der Waals surface area contributed by atoms with Crippen LogP contribution in [0.2, 0.25) is 0 Å². The van der Waals surface area contributed by atoms with Gasteiger partial charge in [-0.1, -0.05) is 13.3 Å². The number of rotatable bonds is 4. The summed E-state index contributed by atoms with van der Waals surface area (Å²) in [5.74, 6) is 0.410. The van der Waals surface area contributed by atoms with Crippen molar-refractivity contribution in [3.63, 3.8) is 0 Å². The first-order chi connectivity index (χ1) is 6.26. The number of ether oxygens (including phenoxy) is 1. The molecule has 0 saturated carbocycles. The molecule has 0 atom stereocenters. The molecule has 0 aliphatic heterocycles. The van der Waals surface area contributed by atoms with E-state index in [1.807, 2.05) is 0 Å². The highest BCUT2D eigenvalue weighted by molar-refractivity contribution is 5.71. The molecule has 0 amide bonds. The van der Waals surface area contributed by atoms with Gasteiger partial charge in [-0.05, 0) is 6.42 Å². The van der Waals surface area contributed by atoms with Crippen LogP contribution in [0.4, 0.5) is 0 Å². The van der Waals surface area contributed by atoms with Gasteiger partial charge in [-0.2, -0.15) is 0 Å². The van der Waals surface area contributed by atoms with E-state index in [9.17, 15) is 4.79 Å². The third kappa shape index (κ3) is 2.89. The molecule has 1 aromatic rings. The van der Waals surface area contributed by atoms with Crippen molar-refractivity contribution in [3.8, 4) is 0 Å². The molecule has 1 rings (SSSR count). The lowest BCUT2D eigenvalue weighted by molar-refractivity contribution is -0.139. The number of carbonyl (C=O) groups is 1. The molecule has 4 nitrogen and oxygen atoms in total. The molecular formula is C9H14N2O2. The summed E-state index contributed by atoms with van der Waals surface area (Å²) < 4.78 is 4.52. The number of aromatic amines is 1. The molecule has 1 aromatic heterocycles. The van der Waals surface area contributed by atoms with E-state index in [2.05, 4.69) is 21.6 Å². The maximum absolute atomic E-state index is 10.9. The minimum Gasteiger partial charge on any atom is -0.469 e. The number of H-pyrrole nitrogens is 1. The number of nitrogens with one attached hydrogen (secondary N) is 1. The van der Waals surface area contributed by atoms with Crippen LogP contribution in [0.5, 0.6) is 0 Å². The van der Waals surface area contributed by atoms with Crippen LogP contribution in [0.15, 0.2) is 6.20 Å². The molecule has 0 spiro atoms. The first-order valence-electron chi connectivity index (χ1n) is 4.35. The molecule has 0 unspecified atom stereocenters. The van der Waals surface area contributed by atoms with Crippen molar-refractivity contribution in [2.75, 3.05) is 7.11 Å². The highest BCUT2D eigenvalue weighted by Gasteiger charge is 2.05. The van der Waals surface area contributed by atoms with Crippen LogP contribution in [0.1, 0.15) is 24.9 Å². The molecule has 0 bridgehead atoms. The first kappa shape index (κ1) is 9.77. The van der Waals surface area contributed by atoms with Gasteiger partial charge in [0, 0.05) is 11.9 Å². The standard InChI is InChI=1S/C9H14N2O2/c1-3-4-7-6-10-8(11-7)5-9(12)13-2/h6H,3-5H2,1-2H3,(H,10,11). The predicted octanol–water partition coefficient (Wildman–Crippen LogP) is 1.08. The van der Waals surface area contributed by atoms with Crippen LogP contribution in [-0.2, 0) is 22.4 Å². The lowest BCUT2D eigenvalue weighted by Gasteiger charge is -1.94. The number of esters is 1. The van der Waals surface area contributed by atoms with E-state index in [1.54, 1.807) is 6.20 Å². The van der Waals surface area contributed by atoms with Gasteiger partial charge in [0.25, 0.3) is 0 Å². The lowest BCUT2D eigenvalue weighted by Crippen LogP contribution is -2.05. The van der Waals surface area contributed by atoms with Gasteiger partial charge in [0.15, 0.2) is 0 Å². The number of hydrogen-bond donors (Lipinski definition) is 1. The fraction of sp³-hybridized carbons (Fsp3) is 0.556. The fourth-order valence-electron chi connectivity index (χ4n) is 1.10. The number of carbonyl (C=O) groups excluding carboxylic acids is 1. The Hall–Kier alpha value is -1.32. The first-order valence-corrected chi connectivity index (χ1v) is 4.35. The minimum absolute atomic E-state index is 0.222. The number of imidazole rings is 1. The van der Waals surface area contributed by atoms with Gasteiger partial charge in [-0.15, -0.1) is 0 Å². The van der Waals surface area contributed by atoms with E-state index < -0.39 is 0 Å². The Morgan fingerprint density at radius 3 is 3.08 bits per heavy atom. The Labute approximate surface area is 77.3 Å². The number of aromatic nitrogens is 2. The zero-order chi connectivity index (χ0) is 9.68. The molecule has 72 valence electrons. The topological polar surface area (TPSA) is 55.0 Å². The van der Waals surface area contributed by atoms with Crippen LogP contribution >= 0.6 is 0 Å². The molecule has 0 radical (unpaired) electrons. The largest absolute Gasteiger partial charge is 0.469 e. The molecule has 0 aliphatic rings. The van der Waals surface area contributed by atoms with Gasteiger partial charge >= 0.3 is 5.97 Å². The quantitative estimate of drug-likeness (QED) is 0.709. The molecule has 0 aliphatic carbocycles. The van der Waals surface area contributed by atoms with Crippen molar-refractivity contribution in [1.82, 2.24) is 9.97 Å². The Balaban J connectivity index is 2.53. The zero-order valence-electron chi connectivity index (χ0n) is 7.96. The van der Waals surface area contributed by atoms with Crippen LogP contribution in [0.25, 0.3) is 0 Å². The molecule has 1 N–H and O–H groups in total. The summed E-state index contributed by atoms with van der Waals surface area (Å²) in [6, 6.07) is 0. The highest BCUT2D eigenvalue weighted by Crippen LogP contribution is 2.01. The fourth-order valence-corrected chi connectivity index (χ4v) is 1.10. The van der Waals surface area contributed by atoms with Crippen molar-refractivity contribution in [2.45, 2.75) is 26.2 Å². The summed E-state index contributed by atoms with van der Waals surface area (Å²) in [5.41, 5.74) is 1.07. The SMILES string of the molecule is CCCc1cnc(CC(=O)OC)[nH]1. The molecule has 1 heterocycles. The maximum Gasteiger partial charge on any atom is 0.313 e. The lowest BCUT2D eigenvalue weighted by atomic mass is 10.3. The second kappa shape index (κ2) is 4.64. The van der Waals surface area contributed by atoms with E-state index in [4.69, 9.17) is 0 Å². The van der Waals surface area contributed by atoms with Crippen molar-refractivity contribution in [1.29, 1.82) is 0 Å². The number of aryl methyl sites for hydroxylation is 1. The van der Waals surface area contributed by atoms with Gasteiger partial charge in [-0.3, -0.25) is 4.79 Å². The van der Waals surface area contributed by atoms with Crippen molar-refractivity contribution >= 4 is 5.97 Å². The zero-order valence-corrected chi connectivity index (χ0v) is 7.96. The van der Waals surface area contributed by atoms with Gasteiger partial charge in [0.05, 0.1) is 7.11 Å². The van der Waals surface area contributed by atoms with Crippen LogP contribution in [-0.4, -0.2) is 23.0 Å². The summed E-state index contributed by atoms with van der Waals surface area (Å²) in [4.78, 5) is 18.0. The van der Waals surface area contributed by atoms with E-state index in [0.717, 1.165) is 18.5 Å². The Morgan fingerprint density at radius 1 is 1.69 bits per heavy atom. The molecule has 0 fully saturated rings. The summed E-state index contributed by atoms with van der Waals surface area (Å²) >= 11 is 0. The van der Waals surface area contributed by atoms with E-state index in [-0.39, 0.29) is 12.4 Å². The molecule has 0 aromatic carbocycles. The summed E-state index contributed by atoms with van der Waals surface area (Å²) in [6.07, 6.45) is 4.02. The Kier molecular flexibility index (Phi) is 3.49. The minimum atomic E-state index is -0.266. The van der Waals surface area contributed by atoms with Gasteiger partial charge in [0.1, 0.15) is 12.2 Å². The third-order valence-electron chi connectivity index (χ3n) is 1.74. The number of nitrogens with zero attached hydrogens (tertiary/aromatic N) is 1. The predicted molar refractivity (Wildman–Crippen MR) is 48.3 cm³/mol. The molecular weight excluding hydrogens is 168 g/mol. The average Bonchev–Trinajstić information content (AvgIpc) is 2.53. The highest BCUT2D eigenvalue weighted by atomic mass is 16.5. The van der Waals surface area contributed by atoms with Crippen LogP contribution in [0, 0.1) is 0 Å². The second-order valence-corrected chi connectivity index (χ2v) is 2.86. The monoisotopic (exact) mass is 182 g/mol. The normalized spacial score (nSPS) is 10.0. The molecule has 0 saturated heterocycles. The summed E-state index contributed by atoms with van der Waals surface area (Å²) in [6.45, 7) is 2.10. The Morgan fingerprint density at radius 2 is 2.46 bits per heavy atom. The second-order valence-electron chi connectivity index (χ2n) is 2.86. The third-order valence-corrected chi connectivity index (χ3v) is 1.74. The molecule has 4 heteroatoms. The number of hydrogen-bond acceptors (Lipinski definition) is 3. The smallest absolute Gasteiger partial charge is 0.313 e. The van der Waals surface area contributed by atoms with Gasteiger partial charge < -0.3 is 9.72 Å². The van der Waals surface area contributed by atoms with Crippen molar-refractivity contribution in [3.05, 3.63) is 17.7 Å². The van der Waals surface area contributed by atoms with Gasteiger partial charge in [-0.25, -0.2) is 4.98 Å². The van der Waals surface area contributed by atoms with Gasteiger partial charge in [0.2, 0.25) is 0 Å². The van der Waals surface area contributed by atoms with E-state index in [1.165, 1.54) is 7.11 Å². The number of methoxy groups -OCH3 is 1. The maximum atomic E-state index is 10.9. The van der Waals surface area contributed by atoms with E-state index in [0.29, 0.717) is 5.82 Å². The van der Waals surface area contributed by atoms with Crippen LogP contribution < -0.4 is 0 Å². The van der Waals surface area contributed by atoms with Crippen molar-refractivity contribution < 1.29 is 9.53 Å². The van der Waals surface area contributed by atoms with Crippen molar-refractivity contribution in [2.24, 2.45) is 0 Å². The summed E-state index contributed by atoms with van der Waals surface area (Å²) in [5, 5.41) is 0.